The van der Waals surface area contributed by atoms with E-state index in [-0.39, 0.29) is 5.97 Å². The van der Waals surface area contributed by atoms with Crippen LogP contribution in [0.1, 0.15) is 30.9 Å². The van der Waals surface area contributed by atoms with Gasteiger partial charge in [-0.1, -0.05) is 26.0 Å². The Balaban J connectivity index is 2.79. The number of ether oxygens (including phenoxy) is 2. The van der Waals surface area contributed by atoms with Gasteiger partial charge in [0.15, 0.2) is 0 Å². The number of carbonyl (C=O) groups is 1. The molecule has 0 bridgehead atoms. The highest BCUT2D eigenvalue weighted by molar-refractivity contribution is 5.71. The van der Waals surface area contributed by atoms with Crippen molar-refractivity contribution in [3.05, 3.63) is 29.3 Å². The normalized spacial score (nSPS) is 10.9. The van der Waals surface area contributed by atoms with Crippen molar-refractivity contribution in [1.29, 1.82) is 0 Å². The lowest BCUT2D eigenvalue weighted by Crippen LogP contribution is -2.26. The van der Waals surface area contributed by atoms with Gasteiger partial charge in [0, 0.05) is 6.54 Å². The van der Waals surface area contributed by atoms with Crippen molar-refractivity contribution < 1.29 is 14.3 Å². The van der Waals surface area contributed by atoms with E-state index >= 15 is 0 Å². The van der Waals surface area contributed by atoms with Crippen LogP contribution in [0.4, 0.5) is 0 Å². The van der Waals surface area contributed by atoms with Gasteiger partial charge in [0.05, 0.1) is 20.8 Å². The molecule has 4 heteroatoms. The van der Waals surface area contributed by atoms with E-state index in [2.05, 4.69) is 24.7 Å². The van der Waals surface area contributed by atoms with Gasteiger partial charge in [0.25, 0.3) is 0 Å². The van der Waals surface area contributed by atoms with E-state index in [1.165, 1.54) is 12.7 Å². The lowest BCUT2D eigenvalue weighted by molar-refractivity contribution is -0.141. The van der Waals surface area contributed by atoms with Crippen LogP contribution >= 0.6 is 0 Å². The summed E-state index contributed by atoms with van der Waals surface area (Å²) in [6, 6.07) is 6.15. The summed E-state index contributed by atoms with van der Waals surface area (Å²) in [6.07, 6.45) is 0. The monoisotopic (exact) mass is 265 g/mol. The Morgan fingerprint density at radius 1 is 1.32 bits per heavy atom. The van der Waals surface area contributed by atoms with Gasteiger partial charge in [0.2, 0.25) is 0 Å². The van der Waals surface area contributed by atoms with Crippen LogP contribution in [-0.4, -0.2) is 38.7 Å². The SMILES string of the molecule is COC(=O)CN(C)Cc1ccc(OC)c(C(C)C)c1. The maximum absolute atomic E-state index is 11.2. The Kier molecular flexibility index (Phi) is 5.83. The van der Waals surface area contributed by atoms with Gasteiger partial charge >= 0.3 is 5.97 Å². The minimum Gasteiger partial charge on any atom is -0.496 e. The third-order valence-corrected chi connectivity index (χ3v) is 3.00. The molecule has 0 aliphatic rings. The number of benzene rings is 1. The maximum Gasteiger partial charge on any atom is 0.319 e. The van der Waals surface area contributed by atoms with E-state index < -0.39 is 0 Å². The third-order valence-electron chi connectivity index (χ3n) is 3.00. The minimum absolute atomic E-state index is 0.222. The second-order valence-electron chi connectivity index (χ2n) is 4.98. The van der Waals surface area contributed by atoms with Gasteiger partial charge in [-0.3, -0.25) is 9.69 Å². The zero-order valence-corrected chi connectivity index (χ0v) is 12.4. The molecule has 106 valence electrons. The summed E-state index contributed by atoms with van der Waals surface area (Å²) in [4.78, 5) is 13.1. The summed E-state index contributed by atoms with van der Waals surface area (Å²) in [6.45, 7) is 5.28. The number of likely N-dealkylation sites (N-methyl/N-ethyl adjacent to an activating group) is 1. The van der Waals surface area contributed by atoms with Crippen LogP contribution in [-0.2, 0) is 16.1 Å². The lowest BCUT2D eigenvalue weighted by Gasteiger charge is -2.18. The molecule has 1 aromatic rings. The zero-order valence-electron chi connectivity index (χ0n) is 12.4. The molecule has 0 saturated carbocycles. The van der Waals surface area contributed by atoms with E-state index in [0.717, 1.165) is 11.3 Å². The average Bonchev–Trinajstić information content (AvgIpc) is 2.38. The number of esters is 1. The first-order valence-electron chi connectivity index (χ1n) is 6.40. The van der Waals surface area contributed by atoms with Gasteiger partial charge in [0.1, 0.15) is 5.75 Å². The van der Waals surface area contributed by atoms with Crippen molar-refractivity contribution in [2.75, 3.05) is 27.8 Å². The van der Waals surface area contributed by atoms with Crippen molar-refractivity contribution in [1.82, 2.24) is 4.90 Å². The molecule has 0 aliphatic carbocycles. The highest BCUT2D eigenvalue weighted by Gasteiger charge is 2.11. The van der Waals surface area contributed by atoms with Gasteiger partial charge in [-0.2, -0.15) is 0 Å². The van der Waals surface area contributed by atoms with Crippen molar-refractivity contribution in [3.8, 4) is 5.75 Å². The molecular weight excluding hydrogens is 242 g/mol. The summed E-state index contributed by atoms with van der Waals surface area (Å²) in [5.41, 5.74) is 2.35. The van der Waals surface area contributed by atoms with Crippen LogP contribution in [0.15, 0.2) is 18.2 Å². The first-order chi connectivity index (χ1) is 8.97. The topological polar surface area (TPSA) is 38.8 Å². The Labute approximate surface area is 115 Å². The molecule has 4 nitrogen and oxygen atoms in total. The molecule has 0 amide bonds. The Hall–Kier alpha value is -1.55. The highest BCUT2D eigenvalue weighted by atomic mass is 16.5. The molecule has 1 aromatic carbocycles. The third kappa shape index (κ3) is 4.56. The summed E-state index contributed by atoms with van der Waals surface area (Å²) >= 11 is 0. The first-order valence-corrected chi connectivity index (χ1v) is 6.40. The molecule has 0 fully saturated rings. The maximum atomic E-state index is 11.2. The number of nitrogens with zero attached hydrogens (tertiary/aromatic N) is 1. The van der Waals surface area contributed by atoms with Crippen LogP contribution in [0, 0.1) is 0 Å². The predicted molar refractivity (Wildman–Crippen MR) is 75.4 cm³/mol. The van der Waals surface area contributed by atoms with E-state index in [1.54, 1.807) is 7.11 Å². The summed E-state index contributed by atoms with van der Waals surface area (Å²) in [5, 5.41) is 0. The molecule has 0 atom stereocenters. The fourth-order valence-corrected chi connectivity index (χ4v) is 1.99. The van der Waals surface area contributed by atoms with E-state index in [0.29, 0.717) is 19.0 Å². The van der Waals surface area contributed by atoms with Crippen LogP contribution in [0.3, 0.4) is 0 Å². The number of methoxy groups -OCH3 is 2. The van der Waals surface area contributed by atoms with Crippen molar-refractivity contribution in [3.63, 3.8) is 0 Å². The molecule has 0 N–H and O–H groups in total. The molecule has 1 rings (SSSR count). The molecular formula is C15H23NO3. The Bertz CT molecular complexity index is 429. The fourth-order valence-electron chi connectivity index (χ4n) is 1.99. The standard InChI is InChI=1S/C15H23NO3/c1-11(2)13-8-12(6-7-14(13)18-4)9-16(3)10-15(17)19-5/h6-8,11H,9-10H2,1-5H3. The summed E-state index contributed by atoms with van der Waals surface area (Å²) < 4.78 is 10.0. The number of carbonyl (C=O) groups excluding carboxylic acids is 1. The van der Waals surface area contributed by atoms with Crippen LogP contribution in [0.25, 0.3) is 0 Å². The second-order valence-corrected chi connectivity index (χ2v) is 4.98. The average molecular weight is 265 g/mol. The zero-order chi connectivity index (χ0) is 14.4. The number of rotatable bonds is 6. The quantitative estimate of drug-likeness (QED) is 0.740. The smallest absolute Gasteiger partial charge is 0.319 e. The van der Waals surface area contributed by atoms with Crippen LogP contribution in [0.5, 0.6) is 5.75 Å². The Morgan fingerprint density at radius 2 is 2.00 bits per heavy atom. The molecule has 0 spiro atoms. The van der Waals surface area contributed by atoms with Gasteiger partial charge in [-0.15, -0.1) is 0 Å². The fraction of sp³-hybridized carbons (Fsp3) is 0.533. The van der Waals surface area contributed by atoms with E-state index in [4.69, 9.17) is 4.74 Å². The van der Waals surface area contributed by atoms with Crippen molar-refractivity contribution >= 4 is 5.97 Å². The lowest BCUT2D eigenvalue weighted by atomic mass is 9.99. The first kappa shape index (κ1) is 15.5. The number of hydrogen-bond acceptors (Lipinski definition) is 4. The molecule has 0 aromatic heterocycles. The molecule has 0 saturated heterocycles. The summed E-state index contributed by atoms with van der Waals surface area (Å²) in [7, 11) is 4.99. The largest absolute Gasteiger partial charge is 0.496 e. The Morgan fingerprint density at radius 3 is 2.53 bits per heavy atom. The number of hydrogen-bond donors (Lipinski definition) is 0. The van der Waals surface area contributed by atoms with Crippen LogP contribution < -0.4 is 4.74 Å². The molecule has 0 aliphatic heterocycles. The van der Waals surface area contributed by atoms with Gasteiger partial charge in [-0.05, 0) is 30.2 Å². The van der Waals surface area contributed by atoms with E-state index in [1.807, 2.05) is 24.1 Å². The second kappa shape index (κ2) is 7.14. The molecule has 0 unspecified atom stereocenters. The van der Waals surface area contributed by atoms with E-state index in [9.17, 15) is 4.79 Å². The summed E-state index contributed by atoms with van der Waals surface area (Å²) in [5.74, 6) is 1.09. The molecule has 0 heterocycles. The predicted octanol–water partition coefficient (Wildman–Crippen LogP) is 2.42. The van der Waals surface area contributed by atoms with Gasteiger partial charge in [-0.25, -0.2) is 0 Å². The van der Waals surface area contributed by atoms with Gasteiger partial charge < -0.3 is 9.47 Å². The van der Waals surface area contributed by atoms with Crippen molar-refractivity contribution in [2.24, 2.45) is 0 Å². The highest BCUT2D eigenvalue weighted by Crippen LogP contribution is 2.27. The minimum atomic E-state index is -0.222. The molecule has 0 radical (unpaired) electrons. The van der Waals surface area contributed by atoms with Crippen molar-refractivity contribution in [2.45, 2.75) is 26.3 Å². The molecule has 19 heavy (non-hydrogen) atoms. The van der Waals surface area contributed by atoms with Crippen LogP contribution in [0.2, 0.25) is 0 Å².